The van der Waals surface area contributed by atoms with Gasteiger partial charge in [-0.15, -0.1) is 0 Å². The number of hydrogen-bond acceptors (Lipinski definition) is 2. The van der Waals surface area contributed by atoms with Gasteiger partial charge in [-0.1, -0.05) is 30.7 Å². The van der Waals surface area contributed by atoms with E-state index in [-0.39, 0.29) is 18.6 Å². The zero-order chi connectivity index (χ0) is 15.2. The summed E-state index contributed by atoms with van der Waals surface area (Å²) in [4.78, 5) is 12.4. The summed E-state index contributed by atoms with van der Waals surface area (Å²) in [5.41, 5.74) is 2.34. The van der Waals surface area contributed by atoms with E-state index in [4.69, 9.17) is 5.11 Å². The largest absolute Gasteiger partial charge is 0.384 e. The SMILES string of the molecule is Cc1c(C#CCO)cccc1C(=O)NC(C)C1CCCC1. The third-order valence-corrected chi connectivity index (χ3v) is 4.35. The maximum Gasteiger partial charge on any atom is 0.251 e. The molecule has 1 aromatic carbocycles. The molecule has 1 unspecified atom stereocenters. The first kappa shape index (κ1) is 15.6. The van der Waals surface area contributed by atoms with Gasteiger partial charge in [-0.3, -0.25) is 4.79 Å². The molecule has 0 spiro atoms. The highest BCUT2D eigenvalue weighted by atomic mass is 16.2. The van der Waals surface area contributed by atoms with Gasteiger partial charge in [-0.25, -0.2) is 0 Å². The molecular weight excluding hydrogens is 262 g/mol. The first-order valence-corrected chi connectivity index (χ1v) is 7.63. The van der Waals surface area contributed by atoms with Gasteiger partial charge >= 0.3 is 0 Å². The first-order chi connectivity index (χ1) is 10.1. The van der Waals surface area contributed by atoms with Crippen LogP contribution >= 0.6 is 0 Å². The summed E-state index contributed by atoms with van der Waals surface area (Å²) in [6.45, 7) is 3.82. The van der Waals surface area contributed by atoms with Gasteiger partial charge in [0.1, 0.15) is 6.61 Å². The molecule has 1 aromatic rings. The minimum atomic E-state index is -0.172. The average molecular weight is 285 g/mol. The second kappa shape index (κ2) is 7.28. The number of hydrogen-bond donors (Lipinski definition) is 2. The number of benzene rings is 1. The molecule has 3 heteroatoms. The maximum atomic E-state index is 12.4. The standard InChI is InChI=1S/C18H23NO2/c1-13-15(10-6-12-20)9-5-11-17(13)18(21)19-14(2)16-7-3-4-8-16/h5,9,11,14,16,20H,3-4,7-8,12H2,1-2H3,(H,19,21). The van der Waals surface area contributed by atoms with Crippen molar-refractivity contribution in [2.45, 2.75) is 45.6 Å². The van der Waals surface area contributed by atoms with Crippen LogP contribution in [0.15, 0.2) is 18.2 Å². The fourth-order valence-electron chi connectivity index (χ4n) is 3.01. The second-order valence-electron chi connectivity index (χ2n) is 5.74. The number of carbonyl (C=O) groups is 1. The van der Waals surface area contributed by atoms with Gasteiger partial charge < -0.3 is 10.4 Å². The molecule has 1 fully saturated rings. The third-order valence-electron chi connectivity index (χ3n) is 4.35. The molecule has 21 heavy (non-hydrogen) atoms. The molecule has 1 aliphatic carbocycles. The Hall–Kier alpha value is -1.79. The van der Waals surface area contributed by atoms with E-state index in [2.05, 4.69) is 24.1 Å². The van der Waals surface area contributed by atoms with E-state index in [1.165, 1.54) is 25.7 Å². The van der Waals surface area contributed by atoms with Crippen molar-refractivity contribution in [1.29, 1.82) is 0 Å². The molecule has 1 saturated carbocycles. The van der Waals surface area contributed by atoms with Crippen LogP contribution in [0, 0.1) is 24.7 Å². The smallest absolute Gasteiger partial charge is 0.251 e. The highest BCUT2D eigenvalue weighted by molar-refractivity contribution is 5.96. The molecule has 1 amide bonds. The number of amides is 1. The molecule has 1 atom stereocenters. The first-order valence-electron chi connectivity index (χ1n) is 7.63. The van der Waals surface area contributed by atoms with Gasteiger partial charge in [0.2, 0.25) is 0 Å². The second-order valence-corrected chi connectivity index (χ2v) is 5.74. The van der Waals surface area contributed by atoms with Crippen LogP contribution in [0.4, 0.5) is 0 Å². The Bertz CT molecular complexity index is 562. The zero-order valence-corrected chi connectivity index (χ0v) is 12.8. The van der Waals surface area contributed by atoms with Crippen molar-refractivity contribution in [3.63, 3.8) is 0 Å². The summed E-state index contributed by atoms with van der Waals surface area (Å²) in [6.07, 6.45) is 4.97. The summed E-state index contributed by atoms with van der Waals surface area (Å²) < 4.78 is 0. The van der Waals surface area contributed by atoms with Crippen LogP contribution < -0.4 is 5.32 Å². The van der Waals surface area contributed by atoms with E-state index in [0.717, 1.165) is 11.1 Å². The molecule has 0 aromatic heterocycles. The number of aliphatic hydroxyl groups excluding tert-OH is 1. The number of nitrogens with one attached hydrogen (secondary N) is 1. The Labute approximate surface area is 126 Å². The average Bonchev–Trinajstić information content (AvgIpc) is 3.00. The quantitative estimate of drug-likeness (QED) is 0.839. The molecule has 0 heterocycles. The minimum absolute atomic E-state index is 0.0282. The summed E-state index contributed by atoms with van der Waals surface area (Å²) in [7, 11) is 0. The Morgan fingerprint density at radius 1 is 1.43 bits per heavy atom. The third kappa shape index (κ3) is 3.86. The Kier molecular flexibility index (Phi) is 5.41. The van der Waals surface area contributed by atoms with Crippen molar-refractivity contribution in [2.75, 3.05) is 6.61 Å². The molecule has 0 saturated heterocycles. The topological polar surface area (TPSA) is 49.3 Å². The van der Waals surface area contributed by atoms with Crippen LogP contribution in [0.25, 0.3) is 0 Å². The van der Waals surface area contributed by atoms with E-state index in [1.54, 1.807) is 0 Å². The molecule has 0 bridgehead atoms. The zero-order valence-electron chi connectivity index (χ0n) is 12.8. The van der Waals surface area contributed by atoms with Crippen LogP contribution in [0.1, 0.15) is 54.1 Å². The monoisotopic (exact) mass is 285 g/mol. The van der Waals surface area contributed by atoms with Gasteiger partial charge in [-0.05, 0) is 50.3 Å². The number of carbonyl (C=O) groups excluding carboxylic acids is 1. The fourth-order valence-corrected chi connectivity index (χ4v) is 3.01. The van der Waals surface area contributed by atoms with E-state index in [9.17, 15) is 4.79 Å². The van der Waals surface area contributed by atoms with Gasteiger partial charge in [0.05, 0.1) is 0 Å². The van der Waals surface area contributed by atoms with Gasteiger partial charge in [0, 0.05) is 17.2 Å². The lowest BCUT2D eigenvalue weighted by Gasteiger charge is -2.21. The van der Waals surface area contributed by atoms with E-state index < -0.39 is 0 Å². The van der Waals surface area contributed by atoms with E-state index >= 15 is 0 Å². The highest BCUT2D eigenvalue weighted by Crippen LogP contribution is 2.27. The predicted molar refractivity (Wildman–Crippen MR) is 84.0 cm³/mol. The summed E-state index contributed by atoms with van der Waals surface area (Å²) >= 11 is 0. The van der Waals surface area contributed by atoms with Crippen molar-refractivity contribution in [3.05, 3.63) is 34.9 Å². The molecule has 0 radical (unpaired) electrons. The van der Waals surface area contributed by atoms with Crippen molar-refractivity contribution < 1.29 is 9.90 Å². The van der Waals surface area contributed by atoms with Crippen LogP contribution in [-0.2, 0) is 0 Å². The van der Waals surface area contributed by atoms with Crippen molar-refractivity contribution in [1.82, 2.24) is 5.32 Å². The van der Waals surface area contributed by atoms with Crippen LogP contribution in [0.3, 0.4) is 0 Å². The Balaban J connectivity index is 2.11. The predicted octanol–water partition coefficient (Wildman–Crippen LogP) is 2.65. The maximum absolute atomic E-state index is 12.4. The minimum Gasteiger partial charge on any atom is -0.384 e. The summed E-state index contributed by atoms with van der Waals surface area (Å²) in [6, 6.07) is 5.75. The molecule has 112 valence electrons. The molecule has 0 aliphatic heterocycles. The molecule has 2 N–H and O–H groups in total. The van der Waals surface area contributed by atoms with E-state index in [1.807, 2.05) is 25.1 Å². The van der Waals surface area contributed by atoms with Crippen molar-refractivity contribution >= 4 is 5.91 Å². The lowest BCUT2D eigenvalue weighted by atomic mass is 9.98. The molecule has 1 aliphatic rings. The number of rotatable bonds is 3. The van der Waals surface area contributed by atoms with Crippen molar-refractivity contribution in [2.24, 2.45) is 5.92 Å². The molecular formula is C18H23NO2. The number of aliphatic hydroxyl groups is 1. The van der Waals surface area contributed by atoms with Crippen molar-refractivity contribution in [3.8, 4) is 11.8 Å². The summed E-state index contributed by atoms with van der Waals surface area (Å²) in [5, 5.41) is 11.9. The molecule has 2 rings (SSSR count). The van der Waals surface area contributed by atoms with Crippen LogP contribution in [-0.4, -0.2) is 23.7 Å². The highest BCUT2D eigenvalue weighted by Gasteiger charge is 2.23. The Morgan fingerprint density at radius 2 is 2.14 bits per heavy atom. The lowest BCUT2D eigenvalue weighted by Crippen LogP contribution is -2.37. The lowest BCUT2D eigenvalue weighted by molar-refractivity contribution is 0.0926. The van der Waals surface area contributed by atoms with E-state index in [0.29, 0.717) is 11.5 Å². The molecule has 3 nitrogen and oxygen atoms in total. The van der Waals surface area contributed by atoms with Gasteiger partial charge in [0.25, 0.3) is 5.91 Å². The van der Waals surface area contributed by atoms with Gasteiger partial charge in [-0.2, -0.15) is 0 Å². The van der Waals surface area contributed by atoms with Crippen LogP contribution in [0.2, 0.25) is 0 Å². The Morgan fingerprint density at radius 3 is 2.81 bits per heavy atom. The fraction of sp³-hybridized carbons (Fsp3) is 0.500. The summed E-state index contributed by atoms with van der Waals surface area (Å²) in [5.74, 6) is 6.09. The van der Waals surface area contributed by atoms with Gasteiger partial charge in [0.15, 0.2) is 0 Å². The van der Waals surface area contributed by atoms with Crippen LogP contribution in [0.5, 0.6) is 0 Å². The normalized spacial score (nSPS) is 16.1.